The van der Waals surface area contributed by atoms with E-state index >= 15 is 0 Å². The van der Waals surface area contributed by atoms with Crippen LogP contribution in [0.3, 0.4) is 0 Å². The average Bonchev–Trinajstić information content (AvgIpc) is 3.31. The third-order valence-corrected chi connectivity index (χ3v) is 9.58. The Morgan fingerprint density at radius 1 is 1.07 bits per heavy atom. The number of thiazole rings is 1. The molecule has 4 aromatic rings. The first kappa shape index (κ1) is 34.0. The smallest absolute Gasteiger partial charge is 0.338 e. The van der Waals surface area contributed by atoms with Crippen LogP contribution < -0.4 is 29.1 Å². The van der Waals surface area contributed by atoms with Gasteiger partial charge in [0.2, 0.25) is 0 Å². The molecule has 0 amide bonds. The van der Waals surface area contributed by atoms with Crippen LogP contribution in [0.4, 0.5) is 0 Å². The van der Waals surface area contributed by atoms with Crippen LogP contribution in [0.25, 0.3) is 6.08 Å². The van der Waals surface area contributed by atoms with Crippen molar-refractivity contribution in [3.63, 3.8) is 0 Å². The van der Waals surface area contributed by atoms with Crippen LogP contribution in [0.15, 0.2) is 75.7 Å². The average molecular weight is 794 g/mol. The van der Waals surface area contributed by atoms with Crippen LogP contribution >= 0.6 is 57.1 Å². The number of nitrogens with zero attached hydrogens (tertiary/aromatic N) is 2. The molecule has 1 aromatic heterocycles. The zero-order chi connectivity index (χ0) is 33.1. The fourth-order valence-electron chi connectivity index (χ4n) is 4.98. The number of allylic oxidation sites excluding steroid dienone is 1. The molecule has 1 atom stereocenters. The Balaban J connectivity index is 1.54. The summed E-state index contributed by atoms with van der Waals surface area (Å²) in [6, 6.07) is 15.7. The summed E-state index contributed by atoms with van der Waals surface area (Å²) in [5.74, 6) is 1.21. The van der Waals surface area contributed by atoms with E-state index in [0.29, 0.717) is 60.1 Å². The second-order valence-corrected chi connectivity index (χ2v) is 13.6. The number of aromatic nitrogens is 1. The summed E-state index contributed by atoms with van der Waals surface area (Å²) in [6.45, 7) is 7.85. The fourth-order valence-corrected chi connectivity index (χ4v) is 7.04. The van der Waals surface area contributed by atoms with Crippen molar-refractivity contribution >= 4 is 69.2 Å². The van der Waals surface area contributed by atoms with Crippen LogP contribution in [-0.2, 0) is 16.1 Å². The van der Waals surface area contributed by atoms with Gasteiger partial charge in [-0.25, -0.2) is 9.79 Å². The summed E-state index contributed by atoms with van der Waals surface area (Å²) in [5.41, 5.74) is 2.86. The number of rotatable bonds is 10. The second-order valence-electron chi connectivity index (χ2n) is 10.6. The molecule has 1 aliphatic rings. The lowest BCUT2D eigenvalue weighted by Crippen LogP contribution is -2.40. The van der Waals surface area contributed by atoms with Crippen LogP contribution in [-0.4, -0.2) is 30.4 Å². The molecule has 46 heavy (non-hydrogen) atoms. The number of carbonyl (C=O) groups is 1. The van der Waals surface area contributed by atoms with Gasteiger partial charge in [-0.2, -0.15) is 0 Å². The van der Waals surface area contributed by atoms with Gasteiger partial charge in [0.05, 0.1) is 55.3 Å². The number of hydrogen-bond acceptors (Lipinski definition) is 8. The van der Waals surface area contributed by atoms with Crippen molar-refractivity contribution < 1.29 is 23.7 Å². The summed E-state index contributed by atoms with van der Waals surface area (Å²) in [5, 5.41) is 0.958. The number of halogens is 3. The molecule has 0 saturated carbocycles. The van der Waals surface area contributed by atoms with Gasteiger partial charge in [-0.15, -0.1) is 0 Å². The molecular weight excluding hydrogens is 762 g/mol. The van der Waals surface area contributed by atoms with E-state index in [1.807, 2.05) is 50.3 Å². The van der Waals surface area contributed by atoms with Gasteiger partial charge in [-0.05, 0) is 109 Å². The molecule has 0 aliphatic carbocycles. The van der Waals surface area contributed by atoms with E-state index in [1.54, 1.807) is 49.8 Å². The van der Waals surface area contributed by atoms with Crippen molar-refractivity contribution in [3.8, 4) is 17.2 Å². The van der Waals surface area contributed by atoms with E-state index in [0.717, 1.165) is 14.7 Å². The van der Waals surface area contributed by atoms with Crippen molar-refractivity contribution in [3.05, 3.63) is 116 Å². The first-order chi connectivity index (χ1) is 22.0. The number of fused-ring (bicyclic) bond motifs is 1. The minimum Gasteiger partial charge on any atom is -0.493 e. The first-order valence-corrected chi connectivity index (χ1v) is 17.1. The minimum absolute atomic E-state index is 0.0686. The number of esters is 1. The highest BCUT2D eigenvalue weighted by atomic mass is 127. The molecule has 3 aromatic carbocycles. The number of methoxy groups -OCH3 is 1. The summed E-state index contributed by atoms with van der Waals surface area (Å²) in [6.07, 6.45) is 1.75. The van der Waals surface area contributed by atoms with Gasteiger partial charge in [-0.1, -0.05) is 52.7 Å². The Bertz CT molecular complexity index is 2020. The Labute approximate surface area is 294 Å². The van der Waals surface area contributed by atoms with Crippen molar-refractivity contribution in [2.24, 2.45) is 4.99 Å². The number of hydrogen-bond donors (Lipinski definition) is 0. The molecule has 1 aliphatic heterocycles. The van der Waals surface area contributed by atoms with E-state index in [-0.39, 0.29) is 18.3 Å². The molecule has 0 N–H and O–H groups in total. The summed E-state index contributed by atoms with van der Waals surface area (Å²) >= 11 is 15.6. The third-order valence-electron chi connectivity index (χ3n) is 7.02. The molecule has 2 heterocycles. The van der Waals surface area contributed by atoms with Gasteiger partial charge in [0.25, 0.3) is 5.56 Å². The van der Waals surface area contributed by atoms with Crippen LogP contribution in [0, 0.1) is 3.57 Å². The Hall–Kier alpha value is -3.32. The van der Waals surface area contributed by atoms with Gasteiger partial charge in [-0.3, -0.25) is 9.36 Å². The van der Waals surface area contributed by atoms with E-state index in [9.17, 15) is 9.59 Å². The topological polar surface area (TPSA) is 88.4 Å². The highest BCUT2D eigenvalue weighted by Crippen LogP contribution is 2.36. The van der Waals surface area contributed by atoms with Crippen molar-refractivity contribution in [2.45, 2.75) is 46.4 Å². The highest BCUT2D eigenvalue weighted by molar-refractivity contribution is 14.1. The maximum atomic E-state index is 14.1. The van der Waals surface area contributed by atoms with Crippen LogP contribution in [0.5, 0.6) is 17.2 Å². The molecule has 0 fully saturated rings. The number of benzene rings is 3. The van der Waals surface area contributed by atoms with Crippen LogP contribution in [0.2, 0.25) is 10.0 Å². The maximum Gasteiger partial charge on any atom is 0.338 e. The standard InChI is InChI=1S/C34H31Cl2IN2O6S/c1-6-43-33(41)30-19(4)38-34-39(31(30)22-9-12-27(45-18(2)3)28(16-22)42-5)32(40)29(46-34)15-20-8-11-26(25(37)14-20)44-17-21-7-10-23(35)24(36)13-21/h7-16,18,31H,6,17H2,1-5H3/b29-15-/t31-/m0/s1. The molecule has 0 bridgehead atoms. The lowest BCUT2D eigenvalue weighted by atomic mass is 9.95. The highest BCUT2D eigenvalue weighted by Gasteiger charge is 2.34. The molecule has 0 radical (unpaired) electrons. The van der Waals surface area contributed by atoms with E-state index < -0.39 is 12.0 Å². The zero-order valence-electron chi connectivity index (χ0n) is 25.7. The second kappa shape index (κ2) is 14.6. The van der Waals surface area contributed by atoms with E-state index in [1.165, 1.54) is 11.3 Å². The Kier molecular flexibility index (Phi) is 10.8. The maximum absolute atomic E-state index is 14.1. The Morgan fingerprint density at radius 2 is 1.83 bits per heavy atom. The first-order valence-electron chi connectivity index (χ1n) is 14.4. The molecule has 0 saturated heterocycles. The molecular formula is C34H31Cl2IN2O6S. The predicted octanol–water partition coefficient (Wildman–Crippen LogP) is 7.08. The summed E-state index contributed by atoms with van der Waals surface area (Å²) in [4.78, 5) is 32.5. The van der Waals surface area contributed by atoms with E-state index in [2.05, 4.69) is 27.6 Å². The molecule has 0 spiro atoms. The Morgan fingerprint density at radius 3 is 2.50 bits per heavy atom. The number of ether oxygens (including phenoxy) is 4. The van der Waals surface area contributed by atoms with Crippen molar-refractivity contribution in [1.82, 2.24) is 4.57 Å². The predicted molar refractivity (Wildman–Crippen MR) is 189 cm³/mol. The molecule has 12 heteroatoms. The molecule has 0 unspecified atom stereocenters. The minimum atomic E-state index is -0.781. The fraction of sp³-hybridized carbons (Fsp3) is 0.265. The van der Waals surface area contributed by atoms with Gasteiger partial charge >= 0.3 is 5.97 Å². The van der Waals surface area contributed by atoms with Gasteiger partial charge in [0, 0.05) is 0 Å². The van der Waals surface area contributed by atoms with Gasteiger partial charge < -0.3 is 18.9 Å². The molecule has 5 rings (SSSR count). The lowest BCUT2D eigenvalue weighted by Gasteiger charge is -2.25. The number of carbonyl (C=O) groups excluding carboxylic acids is 1. The van der Waals surface area contributed by atoms with Gasteiger partial charge in [0.15, 0.2) is 16.3 Å². The SMILES string of the molecule is CCOC(=O)C1=C(C)N=c2s/c(=C\c3ccc(OCc4ccc(Cl)c(Cl)c4)c(I)c3)c(=O)n2[C@H]1c1ccc(OC(C)C)c(OC)c1. The normalized spacial score (nSPS) is 14.6. The quantitative estimate of drug-likeness (QED) is 0.126. The third kappa shape index (κ3) is 7.30. The van der Waals surface area contributed by atoms with Crippen LogP contribution in [0.1, 0.15) is 50.4 Å². The summed E-state index contributed by atoms with van der Waals surface area (Å²) < 4.78 is 25.9. The molecule has 8 nitrogen and oxygen atoms in total. The lowest BCUT2D eigenvalue weighted by molar-refractivity contribution is -0.139. The van der Waals surface area contributed by atoms with E-state index in [4.69, 9.17) is 42.1 Å². The van der Waals surface area contributed by atoms with Crippen molar-refractivity contribution in [2.75, 3.05) is 13.7 Å². The largest absolute Gasteiger partial charge is 0.493 e. The summed E-state index contributed by atoms with van der Waals surface area (Å²) in [7, 11) is 1.55. The molecule has 240 valence electrons. The van der Waals surface area contributed by atoms with Crippen molar-refractivity contribution in [1.29, 1.82) is 0 Å². The monoisotopic (exact) mass is 792 g/mol. The zero-order valence-corrected chi connectivity index (χ0v) is 30.2. The van der Waals surface area contributed by atoms with Gasteiger partial charge in [0.1, 0.15) is 12.4 Å².